The van der Waals surface area contributed by atoms with Gasteiger partial charge in [-0.2, -0.15) is 0 Å². The van der Waals surface area contributed by atoms with Gasteiger partial charge in [0.15, 0.2) is 0 Å². The molecular weight excluding hydrogens is 359 g/mol. The summed E-state index contributed by atoms with van der Waals surface area (Å²) in [6.45, 7) is 3.80. The Morgan fingerprint density at radius 1 is 1.21 bits per heavy atom. The van der Waals surface area contributed by atoms with Gasteiger partial charge >= 0.3 is 6.03 Å². The molecule has 1 N–H and O–H groups in total. The summed E-state index contributed by atoms with van der Waals surface area (Å²) in [5.74, 6) is 0.499. The van der Waals surface area contributed by atoms with Gasteiger partial charge in [-0.25, -0.2) is 9.18 Å². The van der Waals surface area contributed by atoms with E-state index in [4.69, 9.17) is 9.47 Å². The van der Waals surface area contributed by atoms with Crippen LogP contribution in [0.15, 0.2) is 42.5 Å². The topological polar surface area (TPSA) is 50.8 Å². The number of urea groups is 1. The van der Waals surface area contributed by atoms with Crippen LogP contribution in [0.3, 0.4) is 0 Å². The molecule has 1 saturated heterocycles. The van der Waals surface area contributed by atoms with Gasteiger partial charge in [0.05, 0.1) is 7.11 Å². The summed E-state index contributed by atoms with van der Waals surface area (Å²) < 4.78 is 24.3. The monoisotopic (exact) mass is 386 g/mol. The van der Waals surface area contributed by atoms with E-state index in [1.165, 1.54) is 17.0 Å². The number of benzene rings is 2. The molecule has 0 bridgehead atoms. The molecule has 5 nitrogen and oxygen atoms in total. The number of nitrogens with one attached hydrogen (secondary N) is 1. The van der Waals surface area contributed by atoms with Crippen molar-refractivity contribution < 1.29 is 18.7 Å². The number of ether oxygens (including phenoxy) is 2. The van der Waals surface area contributed by atoms with Crippen molar-refractivity contribution in [2.24, 2.45) is 0 Å². The minimum Gasteiger partial charge on any atom is -0.496 e. The van der Waals surface area contributed by atoms with E-state index in [2.05, 4.69) is 18.3 Å². The maximum absolute atomic E-state index is 13.1. The Morgan fingerprint density at radius 2 is 1.89 bits per heavy atom. The summed E-state index contributed by atoms with van der Waals surface area (Å²) in [6.07, 6.45) is 1.60. The standard InChI is InChI=1S/C22H27FN2O3/c1-16-4-9-20(27-3)19(14-16)22(10-12-28-13-11-22)15-24-21(26)25(2)18-7-5-17(23)6-8-18/h4-9,14H,10-13,15H2,1-3H3,(H,24,26). The zero-order valence-electron chi connectivity index (χ0n) is 16.6. The van der Waals surface area contributed by atoms with Crippen molar-refractivity contribution in [3.63, 3.8) is 0 Å². The van der Waals surface area contributed by atoms with Crippen LogP contribution in [-0.2, 0) is 10.2 Å². The number of hydrogen-bond acceptors (Lipinski definition) is 3. The van der Waals surface area contributed by atoms with Gasteiger partial charge in [0.2, 0.25) is 0 Å². The number of methoxy groups -OCH3 is 1. The highest BCUT2D eigenvalue weighted by Crippen LogP contribution is 2.40. The van der Waals surface area contributed by atoms with Crippen molar-refractivity contribution in [3.8, 4) is 5.75 Å². The molecule has 2 aromatic rings. The lowest BCUT2D eigenvalue weighted by Crippen LogP contribution is -2.48. The number of hydrogen-bond donors (Lipinski definition) is 1. The molecule has 0 atom stereocenters. The van der Waals surface area contributed by atoms with Crippen LogP contribution in [0, 0.1) is 12.7 Å². The van der Waals surface area contributed by atoms with E-state index >= 15 is 0 Å². The van der Waals surface area contributed by atoms with Gasteiger partial charge in [0.25, 0.3) is 0 Å². The van der Waals surface area contributed by atoms with Gasteiger partial charge in [-0.05, 0) is 50.1 Å². The van der Waals surface area contributed by atoms with E-state index in [0.717, 1.165) is 29.7 Å². The number of amides is 2. The van der Waals surface area contributed by atoms with E-state index < -0.39 is 0 Å². The lowest BCUT2D eigenvalue weighted by molar-refractivity contribution is 0.0499. The van der Waals surface area contributed by atoms with Crippen LogP contribution in [0.5, 0.6) is 5.75 Å². The fourth-order valence-corrected chi connectivity index (χ4v) is 3.69. The first kappa shape index (κ1) is 20.1. The van der Waals surface area contributed by atoms with Gasteiger partial charge in [-0.15, -0.1) is 0 Å². The van der Waals surface area contributed by atoms with Crippen molar-refractivity contribution in [1.82, 2.24) is 5.32 Å². The van der Waals surface area contributed by atoms with E-state index in [9.17, 15) is 9.18 Å². The number of nitrogens with zero attached hydrogens (tertiary/aromatic N) is 1. The zero-order chi connectivity index (χ0) is 20.1. The number of carbonyl (C=O) groups is 1. The Hall–Kier alpha value is -2.60. The number of carbonyl (C=O) groups excluding carboxylic acids is 1. The Labute approximate surface area is 165 Å². The fourth-order valence-electron chi connectivity index (χ4n) is 3.69. The van der Waals surface area contributed by atoms with Crippen LogP contribution in [0.4, 0.5) is 14.9 Å². The third kappa shape index (κ3) is 4.28. The van der Waals surface area contributed by atoms with E-state index in [0.29, 0.717) is 25.4 Å². The maximum atomic E-state index is 13.1. The van der Waals surface area contributed by atoms with Crippen LogP contribution in [-0.4, -0.2) is 39.9 Å². The van der Waals surface area contributed by atoms with Gasteiger partial charge in [-0.3, -0.25) is 4.90 Å². The molecular formula is C22H27FN2O3. The minimum absolute atomic E-state index is 0.232. The molecule has 0 saturated carbocycles. The summed E-state index contributed by atoms with van der Waals surface area (Å²) in [7, 11) is 3.34. The minimum atomic E-state index is -0.328. The first-order valence-corrected chi connectivity index (χ1v) is 9.45. The summed E-state index contributed by atoms with van der Waals surface area (Å²) in [5, 5.41) is 3.06. The second-order valence-corrected chi connectivity index (χ2v) is 7.29. The van der Waals surface area contributed by atoms with E-state index in [-0.39, 0.29) is 17.3 Å². The van der Waals surface area contributed by atoms with Crippen molar-refractivity contribution >= 4 is 11.7 Å². The molecule has 1 heterocycles. The van der Waals surface area contributed by atoms with Crippen LogP contribution >= 0.6 is 0 Å². The van der Waals surface area contributed by atoms with Gasteiger partial charge in [0.1, 0.15) is 11.6 Å². The lowest BCUT2D eigenvalue weighted by Gasteiger charge is -2.39. The third-order valence-electron chi connectivity index (χ3n) is 5.47. The highest BCUT2D eigenvalue weighted by atomic mass is 19.1. The second-order valence-electron chi connectivity index (χ2n) is 7.29. The highest BCUT2D eigenvalue weighted by molar-refractivity contribution is 5.91. The molecule has 1 fully saturated rings. The summed E-state index contributed by atoms with van der Waals surface area (Å²) in [5.41, 5.74) is 2.63. The molecule has 150 valence electrons. The molecule has 3 rings (SSSR count). The van der Waals surface area contributed by atoms with E-state index in [1.54, 1.807) is 26.3 Å². The average Bonchev–Trinajstić information content (AvgIpc) is 2.72. The molecule has 1 aliphatic heterocycles. The molecule has 0 unspecified atom stereocenters. The second kappa shape index (κ2) is 8.61. The maximum Gasteiger partial charge on any atom is 0.321 e. The number of anilines is 1. The molecule has 6 heteroatoms. The van der Waals surface area contributed by atoms with Crippen molar-refractivity contribution in [1.29, 1.82) is 0 Å². The van der Waals surface area contributed by atoms with Crippen molar-refractivity contribution in [3.05, 3.63) is 59.4 Å². The van der Waals surface area contributed by atoms with Crippen LogP contribution < -0.4 is 15.0 Å². The lowest BCUT2D eigenvalue weighted by atomic mass is 9.73. The van der Waals surface area contributed by atoms with Crippen LogP contribution in [0.2, 0.25) is 0 Å². The smallest absolute Gasteiger partial charge is 0.321 e. The quantitative estimate of drug-likeness (QED) is 0.844. The molecule has 0 aliphatic carbocycles. The fraction of sp³-hybridized carbons (Fsp3) is 0.409. The van der Waals surface area contributed by atoms with Gasteiger partial charge in [-0.1, -0.05) is 17.7 Å². The van der Waals surface area contributed by atoms with Crippen molar-refractivity contribution in [2.45, 2.75) is 25.2 Å². The zero-order valence-corrected chi connectivity index (χ0v) is 16.6. The van der Waals surface area contributed by atoms with Crippen LogP contribution in [0.1, 0.15) is 24.0 Å². The molecule has 2 amide bonds. The predicted octanol–water partition coefficient (Wildman–Crippen LogP) is 4.04. The van der Waals surface area contributed by atoms with Crippen LogP contribution in [0.25, 0.3) is 0 Å². The molecule has 0 spiro atoms. The molecule has 28 heavy (non-hydrogen) atoms. The van der Waals surface area contributed by atoms with Gasteiger partial charge < -0.3 is 14.8 Å². The first-order valence-electron chi connectivity index (χ1n) is 9.45. The predicted molar refractivity (Wildman–Crippen MR) is 108 cm³/mol. The van der Waals surface area contributed by atoms with Gasteiger partial charge in [0, 0.05) is 43.5 Å². The Balaban J connectivity index is 1.81. The molecule has 1 aliphatic rings. The van der Waals surface area contributed by atoms with Crippen molar-refractivity contribution in [2.75, 3.05) is 38.8 Å². The normalized spacial score (nSPS) is 15.7. The Kier molecular flexibility index (Phi) is 6.19. The molecule has 0 aromatic heterocycles. The van der Waals surface area contributed by atoms with E-state index in [1.807, 2.05) is 12.1 Å². The number of halogens is 1. The molecule has 0 radical (unpaired) electrons. The third-order valence-corrected chi connectivity index (χ3v) is 5.47. The summed E-state index contributed by atoms with van der Waals surface area (Å²) in [6, 6.07) is 11.8. The number of aryl methyl sites for hydroxylation is 1. The first-order chi connectivity index (χ1) is 13.4. The average molecular weight is 386 g/mol. The molecule has 2 aromatic carbocycles. The largest absolute Gasteiger partial charge is 0.496 e. The Morgan fingerprint density at radius 3 is 2.54 bits per heavy atom. The summed E-state index contributed by atoms with van der Waals surface area (Å²) in [4.78, 5) is 14.2. The summed E-state index contributed by atoms with van der Waals surface area (Å²) >= 11 is 0. The Bertz CT molecular complexity index is 817. The SMILES string of the molecule is COc1ccc(C)cc1C1(CNC(=O)N(C)c2ccc(F)cc2)CCOCC1. The number of rotatable bonds is 5. The highest BCUT2D eigenvalue weighted by Gasteiger charge is 2.37.